The fourth-order valence-corrected chi connectivity index (χ4v) is 2.23. The Morgan fingerprint density at radius 2 is 2.33 bits per heavy atom. The van der Waals surface area contributed by atoms with Crippen molar-refractivity contribution in [2.45, 2.75) is 25.4 Å². The Morgan fingerprint density at radius 1 is 1.61 bits per heavy atom. The molecule has 18 heavy (non-hydrogen) atoms. The summed E-state index contributed by atoms with van der Waals surface area (Å²) in [5, 5.41) is 11.6. The van der Waals surface area contributed by atoms with Crippen LogP contribution in [0.5, 0.6) is 0 Å². The normalized spacial score (nSPS) is 21.4. The summed E-state index contributed by atoms with van der Waals surface area (Å²) in [6, 6.07) is -1.16. The van der Waals surface area contributed by atoms with Crippen LogP contribution in [0.4, 0.5) is 4.79 Å². The maximum atomic E-state index is 12.0. The predicted octanol–water partition coefficient (Wildman–Crippen LogP) is 0.623. The lowest BCUT2D eigenvalue weighted by Gasteiger charge is -2.34. The number of carboxylic acids is 1. The largest absolute Gasteiger partial charge is 0.480 e. The van der Waals surface area contributed by atoms with Crippen molar-refractivity contribution in [2.75, 3.05) is 31.8 Å². The summed E-state index contributed by atoms with van der Waals surface area (Å²) in [7, 11) is 0. The van der Waals surface area contributed by atoms with E-state index >= 15 is 0 Å². The van der Waals surface area contributed by atoms with Crippen molar-refractivity contribution in [3.63, 3.8) is 0 Å². The van der Waals surface area contributed by atoms with Crippen molar-refractivity contribution in [3.8, 4) is 0 Å². The maximum absolute atomic E-state index is 12.0. The van der Waals surface area contributed by atoms with E-state index in [4.69, 9.17) is 9.84 Å². The molecule has 1 aliphatic heterocycles. The number of amides is 2. The Balaban J connectivity index is 2.51. The molecule has 1 unspecified atom stereocenters. The fourth-order valence-electron chi connectivity index (χ4n) is 1.75. The molecule has 1 fully saturated rings. The van der Waals surface area contributed by atoms with Gasteiger partial charge < -0.3 is 20.1 Å². The third kappa shape index (κ3) is 4.38. The Bertz CT molecular complexity index is 301. The highest BCUT2D eigenvalue weighted by molar-refractivity contribution is 7.98. The standard InChI is InChI=1S/C11H20N2O4S/c1-8-7-17-5-4-13(8)11(16)12-9(10(14)15)3-6-18-2/h8-9H,3-7H2,1-2H3,(H,12,16)(H,14,15)/t8?,9-/m0/s1. The van der Waals surface area contributed by atoms with Gasteiger partial charge in [-0.2, -0.15) is 11.8 Å². The zero-order valence-corrected chi connectivity index (χ0v) is 11.5. The highest BCUT2D eigenvalue weighted by Gasteiger charge is 2.27. The lowest BCUT2D eigenvalue weighted by molar-refractivity contribution is -0.139. The Labute approximate surface area is 111 Å². The van der Waals surface area contributed by atoms with Gasteiger partial charge in [0.05, 0.1) is 19.3 Å². The van der Waals surface area contributed by atoms with E-state index in [1.807, 2.05) is 13.2 Å². The summed E-state index contributed by atoms with van der Waals surface area (Å²) in [5.74, 6) is -0.283. The van der Waals surface area contributed by atoms with E-state index in [2.05, 4.69) is 5.32 Å². The first kappa shape index (κ1) is 15.1. The smallest absolute Gasteiger partial charge is 0.326 e. The molecule has 0 radical (unpaired) electrons. The Morgan fingerprint density at radius 3 is 2.89 bits per heavy atom. The van der Waals surface area contributed by atoms with Gasteiger partial charge in [-0.25, -0.2) is 9.59 Å². The number of hydrogen-bond acceptors (Lipinski definition) is 4. The molecule has 2 N–H and O–H groups in total. The SMILES string of the molecule is CSCC[C@H](NC(=O)N1CCOCC1C)C(=O)O. The van der Waals surface area contributed by atoms with Gasteiger partial charge in [0.1, 0.15) is 6.04 Å². The van der Waals surface area contributed by atoms with E-state index in [9.17, 15) is 9.59 Å². The number of carbonyl (C=O) groups excluding carboxylic acids is 1. The molecule has 104 valence electrons. The average molecular weight is 276 g/mol. The van der Waals surface area contributed by atoms with Crippen LogP contribution in [0.2, 0.25) is 0 Å². The van der Waals surface area contributed by atoms with E-state index in [-0.39, 0.29) is 12.1 Å². The maximum Gasteiger partial charge on any atom is 0.326 e. The molecule has 0 aromatic rings. The second-order valence-electron chi connectivity index (χ2n) is 4.24. The number of rotatable bonds is 5. The lowest BCUT2D eigenvalue weighted by atomic mass is 10.2. The number of nitrogens with zero attached hydrogens (tertiary/aromatic N) is 1. The highest BCUT2D eigenvalue weighted by Crippen LogP contribution is 2.08. The van der Waals surface area contributed by atoms with Gasteiger partial charge in [0.2, 0.25) is 0 Å². The molecule has 7 heteroatoms. The molecule has 1 rings (SSSR count). The molecule has 0 bridgehead atoms. The Kier molecular flexibility index (Phi) is 6.28. The van der Waals surface area contributed by atoms with Crippen molar-refractivity contribution >= 4 is 23.8 Å². The molecule has 2 atom stereocenters. The van der Waals surface area contributed by atoms with Crippen LogP contribution in [0, 0.1) is 0 Å². The summed E-state index contributed by atoms with van der Waals surface area (Å²) in [6.07, 6.45) is 2.34. The number of thioether (sulfide) groups is 1. The van der Waals surface area contributed by atoms with Gasteiger partial charge in [-0.15, -0.1) is 0 Å². The zero-order chi connectivity index (χ0) is 13.5. The first-order valence-corrected chi connectivity index (χ1v) is 7.32. The van der Waals surface area contributed by atoms with Gasteiger partial charge in [0, 0.05) is 6.54 Å². The number of ether oxygens (including phenoxy) is 1. The zero-order valence-electron chi connectivity index (χ0n) is 10.7. The molecule has 0 aliphatic carbocycles. The van der Waals surface area contributed by atoms with Gasteiger partial charge in [-0.1, -0.05) is 0 Å². The minimum absolute atomic E-state index is 0.0197. The number of hydrogen-bond donors (Lipinski definition) is 2. The van der Waals surface area contributed by atoms with Crippen molar-refractivity contribution in [3.05, 3.63) is 0 Å². The first-order valence-electron chi connectivity index (χ1n) is 5.93. The van der Waals surface area contributed by atoms with Crippen LogP contribution in [0.1, 0.15) is 13.3 Å². The molecular weight excluding hydrogens is 256 g/mol. The second kappa shape index (κ2) is 7.48. The quantitative estimate of drug-likeness (QED) is 0.769. The van der Waals surface area contributed by atoms with Crippen LogP contribution in [-0.4, -0.2) is 65.9 Å². The summed E-state index contributed by atoms with van der Waals surface area (Å²) < 4.78 is 5.24. The summed E-state index contributed by atoms with van der Waals surface area (Å²) in [6.45, 7) is 3.38. The third-order valence-corrected chi connectivity index (χ3v) is 3.48. The van der Waals surface area contributed by atoms with E-state index in [0.717, 1.165) is 0 Å². The van der Waals surface area contributed by atoms with Crippen LogP contribution in [0.25, 0.3) is 0 Å². The molecule has 2 amide bonds. The number of urea groups is 1. The van der Waals surface area contributed by atoms with E-state index < -0.39 is 12.0 Å². The summed E-state index contributed by atoms with van der Waals surface area (Å²) in [4.78, 5) is 24.6. The van der Waals surface area contributed by atoms with Crippen molar-refractivity contribution in [1.82, 2.24) is 10.2 Å². The van der Waals surface area contributed by atoms with Crippen molar-refractivity contribution in [2.24, 2.45) is 0 Å². The van der Waals surface area contributed by atoms with Crippen molar-refractivity contribution < 1.29 is 19.4 Å². The molecule has 0 saturated carbocycles. The van der Waals surface area contributed by atoms with Crippen LogP contribution >= 0.6 is 11.8 Å². The van der Waals surface area contributed by atoms with Gasteiger partial charge in [-0.3, -0.25) is 0 Å². The molecule has 1 saturated heterocycles. The number of nitrogens with one attached hydrogen (secondary N) is 1. The van der Waals surface area contributed by atoms with E-state index in [1.165, 1.54) is 0 Å². The second-order valence-corrected chi connectivity index (χ2v) is 5.22. The molecular formula is C11H20N2O4S. The minimum atomic E-state index is -0.988. The molecule has 0 spiro atoms. The fraction of sp³-hybridized carbons (Fsp3) is 0.818. The topological polar surface area (TPSA) is 78.9 Å². The van der Waals surface area contributed by atoms with Crippen molar-refractivity contribution in [1.29, 1.82) is 0 Å². The van der Waals surface area contributed by atoms with Gasteiger partial charge in [0.25, 0.3) is 0 Å². The number of morpholine rings is 1. The lowest BCUT2D eigenvalue weighted by Crippen LogP contribution is -2.54. The van der Waals surface area contributed by atoms with E-state index in [1.54, 1.807) is 16.7 Å². The highest BCUT2D eigenvalue weighted by atomic mass is 32.2. The summed E-state index contributed by atoms with van der Waals surface area (Å²) >= 11 is 1.56. The average Bonchev–Trinajstić information content (AvgIpc) is 2.34. The number of carboxylic acid groups (broad SMARTS) is 1. The van der Waals surface area contributed by atoms with Crippen LogP contribution in [0.15, 0.2) is 0 Å². The first-order chi connectivity index (χ1) is 8.56. The van der Waals surface area contributed by atoms with Gasteiger partial charge in [0.15, 0.2) is 0 Å². The molecule has 0 aromatic carbocycles. The minimum Gasteiger partial charge on any atom is -0.480 e. The molecule has 1 aliphatic rings. The number of aliphatic carboxylic acids is 1. The molecule has 6 nitrogen and oxygen atoms in total. The van der Waals surface area contributed by atoms with Gasteiger partial charge >= 0.3 is 12.0 Å². The third-order valence-electron chi connectivity index (χ3n) is 2.83. The monoisotopic (exact) mass is 276 g/mol. The van der Waals surface area contributed by atoms with Crippen LogP contribution < -0.4 is 5.32 Å². The van der Waals surface area contributed by atoms with Crippen LogP contribution in [-0.2, 0) is 9.53 Å². The molecule has 1 heterocycles. The summed E-state index contributed by atoms with van der Waals surface area (Å²) in [5.41, 5.74) is 0. The van der Waals surface area contributed by atoms with Crippen LogP contribution in [0.3, 0.4) is 0 Å². The number of carbonyl (C=O) groups is 2. The molecule has 0 aromatic heterocycles. The Hall–Kier alpha value is -0.950. The van der Waals surface area contributed by atoms with E-state index in [0.29, 0.717) is 31.9 Å². The predicted molar refractivity (Wildman–Crippen MR) is 69.9 cm³/mol. The van der Waals surface area contributed by atoms with Gasteiger partial charge in [-0.05, 0) is 25.4 Å².